The van der Waals surface area contributed by atoms with Crippen LogP contribution in [0.1, 0.15) is 20.8 Å². The molecular weight excluding hydrogens is 234 g/mol. The SMILES string of the molecule is CC(C)(C)OC(=O)N1C[C@@H]2[C@H](C1)[C@H]1O[C@H]2[C@@H]2O[C@@H]21. The Morgan fingerprint density at radius 1 is 1.06 bits per heavy atom. The molecule has 0 radical (unpaired) electrons. The summed E-state index contributed by atoms with van der Waals surface area (Å²) in [5.74, 6) is 0.900. The Labute approximate surface area is 106 Å². The monoisotopic (exact) mass is 253 g/mol. The largest absolute Gasteiger partial charge is 0.444 e. The quantitative estimate of drug-likeness (QED) is 0.605. The van der Waals surface area contributed by atoms with Gasteiger partial charge in [-0.05, 0) is 20.8 Å². The van der Waals surface area contributed by atoms with Gasteiger partial charge >= 0.3 is 6.09 Å². The minimum Gasteiger partial charge on any atom is -0.444 e. The minimum atomic E-state index is -0.421. The maximum atomic E-state index is 12.1. The standard InChI is InChI=1S/C13H19NO4/c1-13(2,3)18-12(15)14-4-6-7(5-14)9-11-10(17-11)8(6)16-9/h6-11H,4-5H2,1-3H3/t6-,7+,8-,9-,10+,11-/m1/s1. The van der Waals surface area contributed by atoms with Crippen LogP contribution in [0.15, 0.2) is 0 Å². The van der Waals surface area contributed by atoms with Crippen molar-refractivity contribution in [1.29, 1.82) is 0 Å². The van der Waals surface area contributed by atoms with E-state index in [1.807, 2.05) is 25.7 Å². The summed E-state index contributed by atoms with van der Waals surface area (Å²) in [5, 5.41) is 0. The fourth-order valence-electron chi connectivity index (χ4n) is 3.72. The Balaban J connectivity index is 1.45. The number of epoxide rings is 1. The number of ether oxygens (including phenoxy) is 3. The lowest BCUT2D eigenvalue weighted by Gasteiger charge is -2.25. The molecular formula is C13H19NO4. The van der Waals surface area contributed by atoms with E-state index < -0.39 is 5.60 Å². The second-order valence-corrected chi connectivity index (χ2v) is 6.84. The van der Waals surface area contributed by atoms with Gasteiger partial charge in [0.15, 0.2) is 0 Å². The van der Waals surface area contributed by atoms with Crippen LogP contribution in [0, 0.1) is 11.8 Å². The summed E-state index contributed by atoms with van der Waals surface area (Å²) in [6.07, 6.45) is 0.880. The Kier molecular flexibility index (Phi) is 1.96. The van der Waals surface area contributed by atoms with Crippen molar-refractivity contribution in [2.45, 2.75) is 50.8 Å². The van der Waals surface area contributed by atoms with E-state index in [-0.39, 0.29) is 18.3 Å². The summed E-state index contributed by atoms with van der Waals surface area (Å²) >= 11 is 0. The van der Waals surface area contributed by atoms with Crippen LogP contribution in [0.3, 0.4) is 0 Å². The predicted octanol–water partition coefficient (Wildman–Crippen LogP) is 1.02. The molecule has 6 atom stereocenters. The van der Waals surface area contributed by atoms with E-state index in [0.717, 1.165) is 13.1 Å². The first-order valence-electron chi connectivity index (χ1n) is 6.73. The van der Waals surface area contributed by atoms with Crippen LogP contribution in [-0.2, 0) is 14.2 Å². The van der Waals surface area contributed by atoms with Gasteiger partial charge in [-0.15, -0.1) is 0 Å². The molecule has 1 amide bonds. The Morgan fingerprint density at radius 3 is 2.06 bits per heavy atom. The number of carbonyl (C=O) groups is 1. The molecule has 2 bridgehead atoms. The number of hydrogen-bond donors (Lipinski definition) is 0. The lowest BCUT2D eigenvalue weighted by molar-refractivity contribution is -0.00958. The van der Waals surface area contributed by atoms with Crippen molar-refractivity contribution in [2.24, 2.45) is 11.8 Å². The van der Waals surface area contributed by atoms with Gasteiger partial charge in [-0.25, -0.2) is 4.79 Å². The zero-order valence-electron chi connectivity index (χ0n) is 11.0. The Morgan fingerprint density at radius 2 is 1.56 bits per heavy atom. The van der Waals surface area contributed by atoms with Gasteiger partial charge in [0.2, 0.25) is 0 Å². The lowest BCUT2D eigenvalue weighted by atomic mass is 9.82. The van der Waals surface area contributed by atoms with Crippen LogP contribution in [0.5, 0.6) is 0 Å². The van der Waals surface area contributed by atoms with E-state index in [9.17, 15) is 4.79 Å². The van der Waals surface area contributed by atoms with Crippen molar-refractivity contribution in [3.05, 3.63) is 0 Å². The summed E-state index contributed by atoms with van der Waals surface area (Å²) in [6.45, 7) is 7.22. The molecule has 0 aliphatic carbocycles. The van der Waals surface area contributed by atoms with Gasteiger partial charge in [0, 0.05) is 24.9 Å². The average molecular weight is 253 g/mol. The fourth-order valence-corrected chi connectivity index (χ4v) is 3.72. The Hall–Kier alpha value is -0.810. The maximum Gasteiger partial charge on any atom is 0.410 e. The molecule has 0 aromatic heterocycles. The molecule has 0 saturated carbocycles. The highest BCUT2D eigenvalue weighted by Crippen LogP contribution is 2.56. The number of rotatable bonds is 0. The molecule has 0 unspecified atom stereocenters. The third-order valence-corrected chi connectivity index (χ3v) is 4.43. The summed E-state index contributed by atoms with van der Waals surface area (Å²) in [7, 11) is 0. The van der Waals surface area contributed by atoms with Crippen molar-refractivity contribution in [3.63, 3.8) is 0 Å². The number of fused-ring (bicyclic) bond motifs is 8. The number of amides is 1. The van der Waals surface area contributed by atoms with Crippen LogP contribution in [0.2, 0.25) is 0 Å². The number of likely N-dealkylation sites (tertiary alicyclic amines) is 1. The van der Waals surface area contributed by atoms with Crippen molar-refractivity contribution < 1.29 is 19.0 Å². The van der Waals surface area contributed by atoms with Crippen LogP contribution in [0.25, 0.3) is 0 Å². The van der Waals surface area contributed by atoms with Gasteiger partial charge in [0.25, 0.3) is 0 Å². The first-order valence-corrected chi connectivity index (χ1v) is 6.73. The Bertz CT molecular complexity index is 382. The molecule has 4 fully saturated rings. The van der Waals surface area contributed by atoms with E-state index in [4.69, 9.17) is 14.2 Å². The highest BCUT2D eigenvalue weighted by Gasteiger charge is 2.70. The van der Waals surface area contributed by atoms with Gasteiger partial charge in [0.05, 0.1) is 12.2 Å². The first-order chi connectivity index (χ1) is 8.44. The van der Waals surface area contributed by atoms with E-state index in [2.05, 4.69) is 0 Å². The highest BCUT2D eigenvalue weighted by molar-refractivity contribution is 5.68. The van der Waals surface area contributed by atoms with Crippen LogP contribution in [-0.4, -0.2) is 54.1 Å². The van der Waals surface area contributed by atoms with E-state index >= 15 is 0 Å². The van der Waals surface area contributed by atoms with E-state index in [0.29, 0.717) is 24.0 Å². The van der Waals surface area contributed by atoms with Crippen molar-refractivity contribution in [2.75, 3.05) is 13.1 Å². The average Bonchev–Trinajstić information content (AvgIpc) is 2.68. The molecule has 4 aliphatic heterocycles. The molecule has 4 rings (SSSR count). The second kappa shape index (κ2) is 3.20. The summed E-state index contributed by atoms with van der Waals surface area (Å²) in [6, 6.07) is 0. The number of carbonyl (C=O) groups excluding carboxylic acids is 1. The number of hydrogen-bond acceptors (Lipinski definition) is 4. The zero-order valence-corrected chi connectivity index (χ0v) is 11.0. The molecule has 0 aromatic rings. The van der Waals surface area contributed by atoms with Crippen LogP contribution >= 0.6 is 0 Å². The summed E-state index contributed by atoms with van der Waals surface area (Å²) in [4.78, 5) is 13.9. The van der Waals surface area contributed by atoms with E-state index in [1.165, 1.54) is 0 Å². The molecule has 5 heteroatoms. The molecule has 18 heavy (non-hydrogen) atoms. The molecule has 5 nitrogen and oxygen atoms in total. The van der Waals surface area contributed by atoms with Gasteiger partial charge < -0.3 is 19.1 Å². The second-order valence-electron chi connectivity index (χ2n) is 6.84. The van der Waals surface area contributed by atoms with Gasteiger partial charge in [-0.2, -0.15) is 0 Å². The smallest absolute Gasteiger partial charge is 0.410 e. The van der Waals surface area contributed by atoms with E-state index in [1.54, 1.807) is 0 Å². The lowest BCUT2D eigenvalue weighted by Crippen LogP contribution is -2.37. The van der Waals surface area contributed by atoms with Crippen LogP contribution in [0.4, 0.5) is 4.79 Å². The topological polar surface area (TPSA) is 51.3 Å². The molecule has 100 valence electrons. The van der Waals surface area contributed by atoms with Crippen molar-refractivity contribution >= 4 is 6.09 Å². The molecule has 0 spiro atoms. The highest BCUT2D eigenvalue weighted by atomic mass is 16.7. The summed E-state index contributed by atoms with van der Waals surface area (Å²) < 4.78 is 17.0. The minimum absolute atomic E-state index is 0.189. The zero-order chi connectivity index (χ0) is 12.7. The molecule has 4 saturated heterocycles. The third-order valence-electron chi connectivity index (χ3n) is 4.43. The van der Waals surface area contributed by atoms with Gasteiger partial charge in [0.1, 0.15) is 17.8 Å². The normalized spacial score (nSPS) is 48.1. The summed E-state index contributed by atoms with van der Waals surface area (Å²) in [5.41, 5.74) is -0.421. The molecule has 0 N–H and O–H groups in total. The fraction of sp³-hybridized carbons (Fsp3) is 0.923. The molecule has 4 heterocycles. The predicted molar refractivity (Wildman–Crippen MR) is 62.1 cm³/mol. The van der Waals surface area contributed by atoms with Crippen molar-refractivity contribution in [3.8, 4) is 0 Å². The molecule has 4 aliphatic rings. The maximum absolute atomic E-state index is 12.1. The van der Waals surface area contributed by atoms with Gasteiger partial charge in [-0.3, -0.25) is 0 Å². The van der Waals surface area contributed by atoms with Crippen LogP contribution < -0.4 is 0 Å². The third kappa shape index (κ3) is 1.43. The number of nitrogens with zero attached hydrogens (tertiary/aromatic N) is 1. The van der Waals surface area contributed by atoms with Gasteiger partial charge in [-0.1, -0.05) is 0 Å². The molecule has 0 aromatic carbocycles. The first kappa shape index (κ1) is 11.1. The van der Waals surface area contributed by atoms with Crippen molar-refractivity contribution in [1.82, 2.24) is 4.90 Å².